The third kappa shape index (κ3) is 2.37. The van der Waals surface area contributed by atoms with E-state index in [9.17, 15) is 0 Å². The zero-order chi connectivity index (χ0) is 14.9. The van der Waals surface area contributed by atoms with E-state index in [0.717, 1.165) is 17.9 Å². The van der Waals surface area contributed by atoms with Crippen molar-refractivity contribution in [1.82, 2.24) is 9.55 Å². The van der Waals surface area contributed by atoms with Gasteiger partial charge in [0, 0.05) is 25.3 Å². The van der Waals surface area contributed by atoms with E-state index in [4.69, 9.17) is 4.98 Å². The highest BCUT2D eigenvalue weighted by Gasteiger charge is 2.14. The van der Waals surface area contributed by atoms with Crippen molar-refractivity contribution in [1.29, 1.82) is 0 Å². The summed E-state index contributed by atoms with van der Waals surface area (Å²) in [6.07, 6.45) is 2.61. The summed E-state index contributed by atoms with van der Waals surface area (Å²) in [5, 5.41) is 0. The van der Waals surface area contributed by atoms with E-state index in [1.807, 2.05) is 0 Å². The molecule has 1 saturated heterocycles. The van der Waals surface area contributed by atoms with Crippen molar-refractivity contribution in [2.75, 3.05) is 18.0 Å². The molecule has 0 amide bonds. The van der Waals surface area contributed by atoms with E-state index in [-0.39, 0.29) is 0 Å². The summed E-state index contributed by atoms with van der Waals surface area (Å²) in [6.45, 7) is 5.33. The lowest BCUT2D eigenvalue weighted by Gasteiger charge is -2.17. The molecule has 1 fully saturated rings. The van der Waals surface area contributed by atoms with Gasteiger partial charge in [0.05, 0.1) is 11.0 Å². The van der Waals surface area contributed by atoms with Crippen molar-refractivity contribution in [3.63, 3.8) is 0 Å². The second-order valence-electron chi connectivity index (χ2n) is 6.10. The van der Waals surface area contributed by atoms with Gasteiger partial charge in [-0.15, -0.1) is 0 Å². The van der Waals surface area contributed by atoms with Crippen molar-refractivity contribution in [2.45, 2.75) is 26.3 Å². The maximum absolute atomic E-state index is 4.78. The molecular formula is C19H21N3. The minimum atomic E-state index is 0.881. The largest absolute Gasteiger partial charge is 0.371 e. The summed E-state index contributed by atoms with van der Waals surface area (Å²) in [5.74, 6) is 1.08. The Hall–Kier alpha value is -2.29. The summed E-state index contributed by atoms with van der Waals surface area (Å²) < 4.78 is 2.30. The van der Waals surface area contributed by atoms with E-state index in [0.29, 0.717) is 0 Å². The fourth-order valence-electron chi connectivity index (χ4n) is 3.38. The molecule has 0 saturated carbocycles. The van der Waals surface area contributed by atoms with Crippen LogP contribution in [0.5, 0.6) is 0 Å². The van der Waals surface area contributed by atoms with Gasteiger partial charge in [0.1, 0.15) is 5.82 Å². The Labute approximate surface area is 131 Å². The van der Waals surface area contributed by atoms with Gasteiger partial charge in [-0.2, -0.15) is 0 Å². The third-order valence-corrected chi connectivity index (χ3v) is 4.58. The van der Waals surface area contributed by atoms with Gasteiger partial charge < -0.3 is 9.47 Å². The summed E-state index contributed by atoms with van der Waals surface area (Å²) in [7, 11) is 0. The van der Waals surface area contributed by atoms with Crippen LogP contribution in [0.25, 0.3) is 11.0 Å². The molecule has 2 aromatic carbocycles. The van der Waals surface area contributed by atoms with Crippen LogP contribution in [0, 0.1) is 6.92 Å². The molecule has 4 rings (SSSR count). The molecule has 0 spiro atoms. The number of fused-ring (bicyclic) bond motifs is 1. The predicted molar refractivity (Wildman–Crippen MR) is 91.5 cm³/mol. The molecule has 0 radical (unpaired) electrons. The zero-order valence-electron chi connectivity index (χ0n) is 13.0. The Morgan fingerprint density at radius 3 is 2.55 bits per heavy atom. The predicted octanol–water partition coefficient (Wildman–Crippen LogP) is 3.99. The number of aryl methyl sites for hydroxylation is 1. The van der Waals surface area contributed by atoms with Gasteiger partial charge in [-0.25, -0.2) is 4.98 Å². The van der Waals surface area contributed by atoms with Gasteiger partial charge in [-0.1, -0.05) is 30.3 Å². The number of anilines is 1. The van der Waals surface area contributed by atoms with Gasteiger partial charge in [-0.3, -0.25) is 0 Å². The number of imidazole rings is 1. The first-order valence-electron chi connectivity index (χ1n) is 8.07. The fraction of sp³-hybridized carbons (Fsp3) is 0.316. The highest BCUT2D eigenvalue weighted by molar-refractivity contribution is 5.80. The molecule has 0 atom stereocenters. The summed E-state index contributed by atoms with van der Waals surface area (Å²) in [5.41, 5.74) is 4.96. The topological polar surface area (TPSA) is 21.1 Å². The average molecular weight is 291 g/mol. The van der Waals surface area contributed by atoms with Crippen LogP contribution >= 0.6 is 0 Å². The minimum Gasteiger partial charge on any atom is -0.371 e. The SMILES string of the molecule is Cc1nc2cc(N3CCCC3)ccc2n1Cc1ccccc1. The van der Waals surface area contributed by atoms with E-state index in [1.165, 1.54) is 42.7 Å². The highest BCUT2D eigenvalue weighted by Crippen LogP contribution is 2.26. The fourth-order valence-corrected chi connectivity index (χ4v) is 3.38. The molecule has 0 unspecified atom stereocenters. The summed E-state index contributed by atoms with van der Waals surface area (Å²) >= 11 is 0. The molecule has 3 nitrogen and oxygen atoms in total. The Balaban J connectivity index is 1.71. The molecule has 1 aromatic heterocycles. The van der Waals surface area contributed by atoms with Crippen LogP contribution in [0.3, 0.4) is 0 Å². The van der Waals surface area contributed by atoms with E-state index >= 15 is 0 Å². The molecule has 3 heteroatoms. The molecule has 2 heterocycles. The van der Waals surface area contributed by atoms with Crippen LogP contribution in [0.4, 0.5) is 5.69 Å². The van der Waals surface area contributed by atoms with Crippen molar-refractivity contribution in [3.8, 4) is 0 Å². The molecule has 1 aliphatic rings. The van der Waals surface area contributed by atoms with Gasteiger partial charge in [-0.05, 0) is 43.5 Å². The number of rotatable bonds is 3. The van der Waals surface area contributed by atoms with Crippen molar-refractivity contribution in [3.05, 3.63) is 59.9 Å². The van der Waals surface area contributed by atoms with E-state index < -0.39 is 0 Å². The van der Waals surface area contributed by atoms with Gasteiger partial charge in [0.2, 0.25) is 0 Å². The Morgan fingerprint density at radius 1 is 1.00 bits per heavy atom. The molecule has 0 N–H and O–H groups in total. The molecule has 22 heavy (non-hydrogen) atoms. The van der Waals surface area contributed by atoms with Crippen LogP contribution in [-0.4, -0.2) is 22.6 Å². The van der Waals surface area contributed by atoms with E-state index in [1.54, 1.807) is 0 Å². The Morgan fingerprint density at radius 2 is 1.77 bits per heavy atom. The lowest BCUT2D eigenvalue weighted by molar-refractivity contribution is 0.786. The Kier molecular flexibility index (Phi) is 3.34. The monoisotopic (exact) mass is 291 g/mol. The van der Waals surface area contributed by atoms with Gasteiger partial charge in [0.25, 0.3) is 0 Å². The minimum absolute atomic E-state index is 0.881. The zero-order valence-corrected chi connectivity index (χ0v) is 13.0. The van der Waals surface area contributed by atoms with Crippen LogP contribution in [0.15, 0.2) is 48.5 Å². The van der Waals surface area contributed by atoms with Crippen molar-refractivity contribution < 1.29 is 0 Å². The Bertz CT molecular complexity index is 783. The van der Waals surface area contributed by atoms with Crippen molar-refractivity contribution in [2.24, 2.45) is 0 Å². The molecule has 1 aliphatic heterocycles. The first-order valence-corrected chi connectivity index (χ1v) is 8.07. The normalized spacial score (nSPS) is 14.9. The number of aromatic nitrogens is 2. The standard InChI is InChI=1S/C19H21N3/c1-15-20-18-13-17(21-11-5-6-12-21)9-10-19(18)22(15)14-16-7-3-2-4-8-16/h2-4,7-10,13H,5-6,11-12,14H2,1H3. The third-order valence-electron chi connectivity index (χ3n) is 4.58. The molecule has 0 bridgehead atoms. The molecule has 0 aliphatic carbocycles. The molecular weight excluding hydrogens is 270 g/mol. The van der Waals surface area contributed by atoms with Crippen LogP contribution in [0.1, 0.15) is 24.2 Å². The van der Waals surface area contributed by atoms with Crippen LogP contribution in [-0.2, 0) is 6.54 Å². The number of hydrogen-bond donors (Lipinski definition) is 0. The quantitative estimate of drug-likeness (QED) is 0.727. The lowest BCUT2D eigenvalue weighted by atomic mass is 10.2. The average Bonchev–Trinajstić information content (AvgIpc) is 3.17. The first kappa shape index (κ1) is 13.4. The molecule has 3 aromatic rings. The van der Waals surface area contributed by atoms with Gasteiger partial charge >= 0.3 is 0 Å². The first-order chi connectivity index (χ1) is 10.8. The van der Waals surface area contributed by atoms with Crippen molar-refractivity contribution >= 4 is 16.7 Å². The van der Waals surface area contributed by atoms with Crippen LogP contribution in [0.2, 0.25) is 0 Å². The maximum atomic E-state index is 4.78. The maximum Gasteiger partial charge on any atom is 0.107 e. The summed E-state index contributed by atoms with van der Waals surface area (Å²) in [4.78, 5) is 7.24. The lowest BCUT2D eigenvalue weighted by Crippen LogP contribution is -2.17. The number of nitrogens with zero attached hydrogens (tertiary/aromatic N) is 3. The number of hydrogen-bond acceptors (Lipinski definition) is 2. The second kappa shape index (κ2) is 5.48. The van der Waals surface area contributed by atoms with Crippen LogP contribution < -0.4 is 4.90 Å². The smallest absolute Gasteiger partial charge is 0.107 e. The highest BCUT2D eigenvalue weighted by atomic mass is 15.1. The second-order valence-corrected chi connectivity index (χ2v) is 6.10. The van der Waals surface area contributed by atoms with E-state index in [2.05, 4.69) is 64.9 Å². The van der Waals surface area contributed by atoms with Gasteiger partial charge in [0.15, 0.2) is 0 Å². The number of benzene rings is 2. The summed E-state index contributed by atoms with van der Waals surface area (Å²) in [6, 6.07) is 17.3. The molecule has 112 valence electrons.